The first-order valence-electron chi connectivity index (χ1n) is 5.81. The van der Waals surface area contributed by atoms with E-state index in [1.165, 1.54) is 0 Å². The third-order valence-corrected chi connectivity index (χ3v) is 3.03. The molecule has 1 rings (SSSR count). The first-order chi connectivity index (χ1) is 8.32. The highest BCUT2D eigenvalue weighted by Gasteiger charge is 2.37. The Kier molecular flexibility index (Phi) is 4.52. The van der Waals surface area contributed by atoms with Crippen LogP contribution in [0, 0.1) is 5.41 Å². The topological polar surface area (TPSA) is 116 Å². The van der Waals surface area contributed by atoms with Crippen LogP contribution in [0.2, 0.25) is 0 Å². The molecule has 0 spiro atoms. The Bertz CT molecular complexity index is 351. The van der Waals surface area contributed by atoms with Crippen LogP contribution in [0.4, 0.5) is 4.79 Å². The van der Waals surface area contributed by atoms with E-state index in [4.69, 9.17) is 10.2 Å². The summed E-state index contributed by atoms with van der Waals surface area (Å²) in [6.07, 6.45) is 1.67. The van der Waals surface area contributed by atoms with Gasteiger partial charge >= 0.3 is 18.0 Å². The summed E-state index contributed by atoms with van der Waals surface area (Å²) in [6, 6.07) is -1.74. The minimum absolute atomic E-state index is 0.130. The molecule has 0 heterocycles. The lowest BCUT2D eigenvalue weighted by molar-refractivity contribution is -0.140. The fourth-order valence-corrected chi connectivity index (χ4v) is 1.42. The maximum Gasteiger partial charge on any atom is 0.326 e. The molecule has 2 amide bonds. The Morgan fingerprint density at radius 2 is 1.89 bits per heavy atom. The van der Waals surface area contributed by atoms with E-state index >= 15 is 0 Å². The number of urea groups is 1. The molecule has 7 nitrogen and oxygen atoms in total. The van der Waals surface area contributed by atoms with Gasteiger partial charge in [-0.1, -0.05) is 6.92 Å². The molecule has 0 aromatic carbocycles. The molecule has 1 saturated carbocycles. The van der Waals surface area contributed by atoms with Crippen LogP contribution in [-0.2, 0) is 9.59 Å². The van der Waals surface area contributed by atoms with Crippen LogP contribution in [0.3, 0.4) is 0 Å². The summed E-state index contributed by atoms with van der Waals surface area (Å²) >= 11 is 0. The Labute approximate surface area is 105 Å². The van der Waals surface area contributed by atoms with E-state index < -0.39 is 24.0 Å². The molecule has 0 unspecified atom stereocenters. The Hall–Kier alpha value is -1.79. The number of amides is 2. The van der Waals surface area contributed by atoms with E-state index in [1.807, 2.05) is 6.92 Å². The van der Waals surface area contributed by atoms with E-state index in [2.05, 4.69) is 10.6 Å². The summed E-state index contributed by atoms with van der Waals surface area (Å²) in [5.74, 6) is -2.32. The molecule has 0 aliphatic heterocycles. The zero-order chi connectivity index (χ0) is 13.8. The van der Waals surface area contributed by atoms with Gasteiger partial charge in [0.2, 0.25) is 0 Å². The number of carbonyl (C=O) groups excluding carboxylic acids is 1. The van der Waals surface area contributed by atoms with Gasteiger partial charge in [-0.2, -0.15) is 0 Å². The molecule has 0 bridgehead atoms. The number of aliphatic carboxylic acids is 2. The lowest BCUT2D eigenvalue weighted by Gasteiger charge is -2.15. The molecule has 102 valence electrons. The van der Waals surface area contributed by atoms with Crippen LogP contribution in [0.25, 0.3) is 0 Å². The predicted molar refractivity (Wildman–Crippen MR) is 62.2 cm³/mol. The highest BCUT2D eigenvalue weighted by Crippen LogP contribution is 2.43. The van der Waals surface area contributed by atoms with Crippen LogP contribution < -0.4 is 10.6 Å². The van der Waals surface area contributed by atoms with Crippen molar-refractivity contribution in [2.75, 3.05) is 6.54 Å². The van der Waals surface area contributed by atoms with Gasteiger partial charge in [0.05, 0.1) is 0 Å². The second-order valence-corrected chi connectivity index (χ2v) is 4.96. The van der Waals surface area contributed by atoms with Crippen molar-refractivity contribution in [3.63, 3.8) is 0 Å². The normalized spacial score (nSPS) is 17.6. The summed E-state index contributed by atoms with van der Waals surface area (Å²) in [5.41, 5.74) is 0.136. The SMILES string of the molecule is CC1(CNC(=O)N[C@@H](CCC(=O)O)C(=O)O)CC1. The van der Waals surface area contributed by atoms with Crippen molar-refractivity contribution in [1.82, 2.24) is 10.6 Å². The van der Waals surface area contributed by atoms with Crippen molar-refractivity contribution >= 4 is 18.0 Å². The molecule has 1 fully saturated rings. The first-order valence-corrected chi connectivity index (χ1v) is 5.81. The lowest BCUT2D eigenvalue weighted by atomic mass is 10.1. The summed E-state index contributed by atoms with van der Waals surface area (Å²) in [5, 5.41) is 22.2. The summed E-state index contributed by atoms with van der Waals surface area (Å²) < 4.78 is 0. The largest absolute Gasteiger partial charge is 0.481 e. The zero-order valence-electron chi connectivity index (χ0n) is 10.2. The lowest BCUT2D eigenvalue weighted by Crippen LogP contribution is -2.47. The number of carbonyl (C=O) groups is 3. The van der Waals surface area contributed by atoms with E-state index in [0.29, 0.717) is 6.54 Å². The smallest absolute Gasteiger partial charge is 0.326 e. The number of carboxylic acid groups (broad SMARTS) is 2. The average Bonchev–Trinajstić information content (AvgIpc) is 3.00. The number of hydrogen-bond acceptors (Lipinski definition) is 3. The third kappa shape index (κ3) is 5.03. The Balaban J connectivity index is 2.32. The predicted octanol–water partition coefficient (Wildman–Crippen LogP) is 0.404. The standard InChI is InChI=1S/C11H18N2O5/c1-11(4-5-11)6-12-10(18)13-7(9(16)17)2-3-8(14)15/h7H,2-6H2,1H3,(H,14,15)(H,16,17)(H2,12,13,18)/t7-/m0/s1. The zero-order valence-corrected chi connectivity index (χ0v) is 10.2. The summed E-state index contributed by atoms with van der Waals surface area (Å²) in [4.78, 5) is 32.6. The van der Waals surface area contributed by atoms with Gasteiger partial charge in [-0.3, -0.25) is 4.79 Å². The van der Waals surface area contributed by atoms with Gasteiger partial charge in [-0.15, -0.1) is 0 Å². The van der Waals surface area contributed by atoms with Crippen LogP contribution in [0.5, 0.6) is 0 Å². The van der Waals surface area contributed by atoms with Gasteiger partial charge < -0.3 is 20.8 Å². The van der Waals surface area contributed by atoms with Crippen LogP contribution in [-0.4, -0.2) is 40.8 Å². The van der Waals surface area contributed by atoms with E-state index in [0.717, 1.165) is 12.8 Å². The second-order valence-electron chi connectivity index (χ2n) is 4.96. The maximum absolute atomic E-state index is 11.4. The molecule has 4 N–H and O–H groups in total. The highest BCUT2D eigenvalue weighted by atomic mass is 16.4. The number of carboxylic acids is 2. The van der Waals surface area contributed by atoms with Gasteiger partial charge in [-0.25, -0.2) is 9.59 Å². The van der Waals surface area contributed by atoms with E-state index in [1.54, 1.807) is 0 Å². The molecule has 1 atom stereocenters. The fraction of sp³-hybridized carbons (Fsp3) is 0.727. The van der Waals surface area contributed by atoms with Crippen LogP contribution >= 0.6 is 0 Å². The summed E-state index contributed by atoms with van der Waals surface area (Å²) in [7, 11) is 0. The van der Waals surface area contributed by atoms with Crippen molar-refractivity contribution in [2.45, 2.75) is 38.6 Å². The number of hydrogen-bond donors (Lipinski definition) is 4. The van der Waals surface area contributed by atoms with Crippen LogP contribution in [0.1, 0.15) is 32.6 Å². The van der Waals surface area contributed by atoms with E-state index in [-0.39, 0.29) is 18.3 Å². The molecule has 0 aromatic rings. The number of rotatable bonds is 7. The molecular weight excluding hydrogens is 240 g/mol. The van der Waals surface area contributed by atoms with Crippen molar-refractivity contribution in [3.05, 3.63) is 0 Å². The van der Waals surface area contributed by atoms with E-state index in [9.17, 15) is 14.4 Å². The third-order valence-electron chi connectivity index (χ3n) is 3.03. The van der Waals surface area contributed by atoms with Crippen molar-refractivity contribution in [2.24, 2.45) is 5.41 Å². The van der Waals surface area contributed by atoms with Gasteiger partial charge in [0, 0.05) is 13.0 Å². The molecule has 0 radical (unpaired) electrons. The quantitative estimate of drug-likeness (QED) is 0.527. The average molecular weight is 258 g/mol. The van der Waals surface area contributed by atoms with Gasteiger partial charge in [0.25, 0.3) is 0 Å². The first kappa shape index (κ1) is 14.3. The molecule has 0 saturated heterocycles. The van der Waals surface area contributed by atoms with Crippen LogP contribution in [0.15, 0.2) is 0 Å². The van der Waals surface area contributed by atoms with Gasteiger partial charge in [0.1, 0.15) is 6.04 Å². The molecular formula is C11H18N2O5. The molecule has 0 aromatic heterocycles. The number of nitrogens with one attached hydrogen (secondary N) is 2. The van der Waals surface area contributed by atoms with Gasteiger partial charge in [0.15, 0.2) is 0 Å². The Morgan fingerprint density at radius 1 is 1.28 bits per heavy atom. The summed E-state index contributed by atoms with van der Waals surface area (Å²) in [6.45, 7) is 2.54. The minimum Gasteiger partial charge on any atom is -0.481 e. The monoisotopic (exact) mass is 258 g/mol. The Morgan fingerprint density at radius 3 is 2.33 bits per heavy atom. The minimum atomic E-state index is -1.23. The molecule has 18 heavy (non-hydrogen) atoms. The highest BCUT2D eigenvalue weighted by molar-refractivity contribution is 5.83. The molecule has 1 aliphatic carbocycles. The molecule has 1 aliphatic rings. The van der Waals surface area contributed by atoms with Crippen molar-refractivity contribution < 1.29 is 24.6 Å². The van der Waals surface area contributed by atoms with Crippen molar-refractivity contribution in [3.8, 4) is 0 Å². The molecule has 7 heteroatoms. The van der Waals surface area contributed by atoms with Gasteiger partial charge in [-0.05, 0) is 24.7 Å². The fourth-order valence-electron chi connectivity index (χ4n) is 1.42. The van der Waals surface area contributed by atoms with Crippen molar-refractivity contribution in [1.29, 1.82) is 0 Å². The second kappa shape index (κ2) is 5.70. The maximum atomic E-state index is 11.4.